The molecule has 0 radical (unpaired) electrons. The molecule has 1 N–H and O–H groups in total. The van der Waals surface area contributed by atoms with Gasteiger partial charge in [-0.25, -0.2) is 0 Å². The van der Waals surface area contributed by atoms with Crippen molar-refractivity contribution >= 4 is 5.91 Å². The van der Waals surface area contributed by atoms with Crippen LogP contribution in [0.3, 0.4) is 0 Å². The molecule has 0 unspecified atom stereocenters. The second-order valence-corrected chi connectivity index (χ2v) is 7.97. The first-order valence-corrected chi connectivity index (χ1v) is 9.23. The van der Waals surface area contributed by atoms with Gasteiger partial charge in [-0.2, -0.15) is 0 Å². The lowest BCUT2D eigenvalue weighted by molar-refractivity contribution is -0.127. The lowest BCUT2D eigenvalue weighted by Crippen LogP contribution is -2.51. The van der Waals surface area contributed by atoms with Crippen molar-refractivity contribution in [3.63, 3.8) is 0 Å². The quantitative estimate of drug-likeness (QED) is 0.763. The van der Waals surface area contributed by atoms with Gasteiger partial charge in [0.25, 0.3) is 0 Å². The zero-order valence-corrected chi connectivity index (χ0v) is 16.6. The molecule has 0 saturated carbocycles. The molecule has 0 atom stereocenters. The molecule has 1 amide bonds. The lowest BCUT2D eigenvalue weighted by atomic mass is 9.66. The monoisotopic (exact) mass is 353 g/mol. The molecule has 3 nitrogen and oxygen atoms in total. The highest BCUT2D eigenvalue weighted by Gasteiger charge is 2.45. The van der Waals surface area contributed by atoms with E-state index in [1.165, 1.54) is 0 Å². The third-order valence-electron chi connectivity index (χ3n) is 4.95. The van der Waals surface area contributed by atoms with E-state index in [4.69, 9.17) is 4.74 Å². The van der Waals surface area contributed by atoms with Crippen LogP contribution in [-0.4, -0.2) is 26.2 Å². The van der Waals surface area contributed by atoms with Gasteiger partial charge in [-0.15, -0.1) is 0 Å². The Hall–Kier alpha value is -2.13. The number of benzene rings is 2. The largest absolute Gasteiger partial charge is 0.384 e. The van der Waals surface area contributed by atoms with E-state index in [9.17, 15) is 4.79 Å². The van der Waals surface area contributed by atoms with E-state index in [2.05, 4.69) is 33.0 Å². The van der Waals surface area contributed by atoms with Crippen LogP contribution in [0.1, 0.15) is 38.8 Å². The molecule has 26 heavy (non-hydrogen) atoms. The Morgan fingerprint density at radius 1 is 0.962 bits per heavy atom. The second-order valence-electron chi connectivity index (χ2n) is 7.97. The van der Waals surface area contributed by atoms with Gasteiger partial charge in [0.2, 0.25) is 5.91 Å². The van der Waals surface area contributed by atoms with E-state index in [0.717, 1.165) is 11.1 Å². The van der Waals surface area contributed by atoms with Gasteiger partial charge in [0, 0.05) is 19.1 Å². The number of carbonyl (C=O) groups is 1. The Balaban J connectivity index is 2.48. The molecule has 0 saturated heterocycles. The molecule has 0 aromatic heterocycles. The number of hydrogen-bond acceptors (Lipinski definition) is 2. The van der Waals surface area contributed by atoms with E-state index >= 15 is 0 Å². The molecular weight excluding hydrogens is 322 g/mol. The lowest BCUT2D eigenvalue weighted by Gasteiger charge is -2.38. The molecule has 2 aromatic carbocycles. The van der Waals surface area contributed by atoms with E-state index in [1.807, 2.05) is 60.7 Å². The van der Waals surface area contributed by atoms with Crippen LogP contribution >= 0.6 is 0 Å². The van der Waals surface area contributed by atoms with Gasteiger partial charge in [-0.1, -0.05) is 88.4 Å². The molecule has 0 bridgehead atoms. The fourth-order valence-electron chi connectivity index (χ4n) is 3.66. The predicted octanol–water partition coefficient (Wildman–Crippen LogP) is 4.42. The van der Waals surface area contributed by atoms with Gasteiger partial charge in [-0.3, -0.25) is 4.79 Å². The molecule has 0 aliphatic heterocycles. The van der Waals surface area contributed by atoms with Crippen molar-refractivity contribution in [2.24, 2.45) is 11.3 Å². The van der Waals surface area contributed by atoms with Gasteiger partial charge >= 0.3 is 0 Å². The average molecular weight is 354 g/mol. The summed E-state index contributed by atoms with van der Waals surface area (Å²) < 4.78 is 5.29. The van der Waals surface area contributed by atoms with E-state index < -0.39 is 5.41 Å². The summed E-state index contributed by atoms with van der Waals surface area (Å²) >= 11 is 0. The van der Waals surface area contributed by atoms with E-state index in [-0.39, 0.29) is 17.2 Å². The first-order chi connectivity index (χ1) is 12.3. The third kappa shape index (κ3) is 4.16. The number of amides is 1. The number of ether oxygens (including phenoxy) is 1. The van der Waals surface area contributed by atoms with Crippen LogP contribution in [0.15, 0.2) is 60.7 Å². The molecule has 0 fully saturated rings. The fourth-order valence-corrected chi connectivity index (χ4v) is 3.66. The minimum absolute atomic E-state index is 0.0362. The molecule has 0 aliphatic carbocycles. The summed E-state index contributed by atoms with van der Waals surface area (Å²) in [5, 5.41) is 3.21. The summed E-state index contributed by atoms with van der Waals surface area (Å²) in [7, 11) is 1.69. The van der Waals surface area contributed by atoms with Crippen LogP contribution in [0.25, 0.3) is 0 Å². The maximum absolute atomic E-state index is 13.6. The van der Waals surface area contributed by atoms with Crippen molar-refractivity contribution in [2.75, 3.05) is 20.3 Å². The number of methoxy groups -OCH3 is 1. The first-order valence-electron chi connectivity index (χ1n) is 9.23. The molecule has 0 aliphatic rings. The highest BCUT2D eigenvalue weighted by molar-refractivity contribution is 5.92. The van der Waals surface area contributed by atoms with Crippen LogP contribution in [-0.2, 0) is 14.9 Å². The Morgan fingerprint density at radius 2 is 1.42 bits per heavy atom. The predicted molar refractivity (Wildman–Crippen MR) is 107 cm³/mol. The summed E-state index contributed by atoms with van der Waals surface area (Å²) in [5.41, 5.74) is 1.18. The van der Waals surface area contributed by atoms with Crippen molar-refractivity contribution in [1.29, 1.82) is 0 Å². The molecule has 0 spiro atoms. The number of rotatable bonds is 8. The minimum Gasteiger partial charge on any atom is -0.384 e. The smallest absolute Gasteiger partial charge is 0.235 e. The number of hydrogen-bond donors (Lipinski definition) is 1. The zero-order valence-electron chi connectivity index (χ0n) is 16.6. The summed E-state index contributed by atoms with van der Waals surface area (Å²) in [4.78, 5) is 13.6. The van der Waals surface area contributed by atoms with E-state index in [0.29, 0.717) is 13.2 Å². The second kappa shape index (κ2) is 8.50. The Labute approximate surface area is 157 Å². The van der Waals surface area contributed by atoms with Crippen LogP contribution in [0, 0.1) is 11.3 Å². The van der Waals surface area contributed by atoms with Gasteiger partial charge in [-0.05, 0) is 17.0 Å². The fraction of sp³-hybridized carbons (Fsp3) is 0.435. The molecule has 140 valence electrons. The maximum atomic E-state index is 13.6. The van der Waals surface area contributed by atoms with Crippen LogP contribution in [0.2, 0.25) is 0 Å². The van der Waals surface area contributed by atoms with Crippen LogP contribution < -0.4 is 5.32 Å². The third-order valence-corrected chi connectivity index (χ3v) is 4.95. The van der Waals surface area contributed by atoms with Gasteiger partial charge < -0.3 is 10.1 Å². The molecule has 3 heteroatoms. The summed E-state index contributed by atoms with van der Waals surface area (Å²) in [5.74, 6) is 0.131. The number of nitrogens with one attached hydrogen (secondary N) is 1. The Kier molecular flexibility index (Phi) is 6.60. The molecule has 2 aromatic rings. The molecule has 2 rings (SSSR count). The summed E-state index contributed by atoms with van der Waals surface area (Å²) in [6, 6.07) is 20.2. The van der Waals surface area contributed by atoms with Crippen molar-refractivity contribution in [3.05, 3.63) is 71.8 Å². The van der Waals surface area contributed by atoms with Crippen molar-refractivity contribution in [1.82, 2.24) is 5.32 Å². The standard InChI is InChI=1S/C23H31NO2/c1-18(2)23(19-12-8-6-9-13-19,20-14-10-7-11-15-20)21(25)24-16-22(3,4)17-26-5/h6-15,18H,16-17H2,1-5H3,(H,24,25). The zero-order chi connectivity index (χ0) is 19.2. The summed E-state index contributed by atoms with van der Waals surface area (Å²) in [6.07, 6.45) is 0. The van der Waals surface area contributed by atoms with Crippen molar-refractivity contribution in [3.8, 4) is 0 Å². The Bertz CT molecular complexity index is 653. The van der Waals surface area contributed by atoms with Crippen molar-refractivity contribution < 1.29 is 9.53 Å². The highest BCUT2D eigenvalue weighted by atomic mass is 16.5. The Morgan fingerprint density at radius 3 is 1.81 bits per heavy atom. The summed E-state index contributed by atoms with van der Waals surface area (Å²) in [6.45, 7) is 9.57. The number of carbonyl (C=O) groups excluding carboxylic acids is 1. The van der Waals surface area contributed by atoms with Gasteiger partial charge in [0.15, 0.2) is 0 Å². The van der Waals surface area contributed by atoms with Crippen LogP contribution in [0.4, 0.5) is 0 Å². The molecular formula is C23H31NO2. The first kappa shape index (κ1) is 20.2. The maximum Gasteiger partial charge on any atom is 0.235 e. The van der Waals surface area contributed by atoms with Crippen molar-refractivity contribution in [2.45, 2.75) is 33.1 Å². The average Bonchev–Trinajstić information content (AvgIpc) is 2.62. The molecule has 0 heterocycles. The van der Waals surface area contributed by atoms with Gasteiger partial charge in [0.1, 0.15) is 5.41 Å². The van der Waals surface area contributed by atoms with Gasteiger partial charge in [0.05, 0.1) is 6.61 Å². The highest BCUT2D eigenvalue weighted by Crippen LogP contribution is 2.39. The minimum atomic E-state index is -0.730. The van der Waals surface area contributed by atoms with E-state index in [1.54, 1.807) is 7.11 Å². The van der Waals surface area contributed by atoms with Crippen LogP contribution in [0.5, 0.6) is 0 Å². The normalized spacial score (nSPS) is 12.2. The topological polar surface area (TPSA) is 38.3 Å². The SMILES string of the molecule is COCC(C)(C)CNC(=O)C(c1ccccc1)(c1ccccc1)C(C)C.